The Morgan fingerprint density at radius 3 is 2.76 bits per heavy atom. The second-order valence-electron chi connectivity index (χ2n) is 4.08. The van der Waals surface area contributed by atoms with Crippen molar-refractivity contribution in [2.24, 2.45) is 0 Å². The van der Waals surface area contributed by atoms with E-state index in [0.717, 1.165) is 23.3 Å². The van der Waals surface area contributed by atoms with Crippen LogP contribution in [0.5, 0.6) is 5.75 Å². The maximum atomic E-state index is 11.7. The number of ether oxygens (including phenoxy) is 2. The van der Waals surface area contributed by atoms with Gasteiger partial charge in [-0.15, -0.1) is 0 Å². The first-order valence-electron chi connectivity index (χ1n) is 5.90. The first-order chi connectivity index (χ1) is 8.17. The summed E-state index contributed by atoms with van der Waals surface area (Å²) < 4.78 is 10.5. The lowest BCUT2D eigenvalue weighted by atomic mass is 10.1. The molecule has 0 amide bonds. The molecule has 1 rings (SSSR count). The highest BCUT2D eigenvalue weighted by atomic mass is 16.5. The third kappa shape index (κ3) is 4.57. The maximum Gasteiger partial charge on any atom is 0.162 e. The molecule has 0 saturated heterocycles. The van der Waals surface area contributed by atoms with Gasteiger partial charge in [-0.1, -0.05) is 24.6 Å². The first-order valence-corrected chi connectivity index (χ1v) is 5.90. The molecule has 0 unspecified atom stereocenters. The van der Waals surface area contributed by atoms with E-state index in [0.29, 0.717) is 13.0 Å². The summed E-state index contributed by atoms with van der Waals surface area (Å²) in [5.41, 5.74) is 2.06. The number of hydrogen-bond donors (Lipinski definition) is 0. The Bertz CT molecular complexity index is 372. The smallest absolute Gasteiger partial charge is 0.162 e. The zero-order valence-electron chi connectivity index (χ0n) is 10.8. The molecule has 0 aromatic heterocycles. The number of Topliss-reactive ketones (excluding diaryl/α,β-unsaturated/α-hetero) is 1. The van der Waals surface area contributed by atoms with Gasteiger partial charge in [0.05, 0.1) is 7.11 Å². The van der Waals surface area contributed by atoms with Crippen LogP contribution in [0.2, 0.25) is 0 Å². The molecule has 1 aromatic carbocycles. The van der Waals surface area contributed by atoms with Crippen LogP contribution in [0.4, 0.5) is 0 Å². The van der Waals surface area contributed by atoms with Gasteiger partial charge >= 0.3 is 0 Å². The maximum absolute atomic E-state index is 11.7. The molecule has 0 spiro atoms. The first kappa shape index (κ1) is 13.7. The van der Waals surface area contributed by atoms with Crippen molar-refractivity contribution in [3.05, 3.63) is 29.3 Å². The van der Waals surface area contributed by atoms with Crippen LogP contribution < -0.4 is 4.74 Å². The van der Waals surface area contributed by atoms with Crippen LogP contribution in [0.25, 0.3) is 0 Å². The molecule has 0 radical (unpaired) electrons. The second kappa shape index (κ2) is 7.07. The number of methoxy groups -OCH3 is 1. The summed E-state index contributed by atoms with van der Waals surface area (Å²) >= 11 is 0. The summed E-state index contributed by atoms with van der Waals surface area (Å²) in [6.07, 6.45) is 1.30. The molecule has 0 atom stereocenters. The van der Waals surface area contributed by atoms with E-state index in [1.807, 2.05) is 32.0 Å². The van der Waals surface area contributed by atoms with Crippen molar-refractivity contribution < 1.29 is 14.3 Å². The molecule has 17 heavy (non-hydrogen) atoms. The summed E-state index contributed by atoms with van der Waals surface area (Å²) in [5, 5.41) is 0. The van der Waals surface area contributed by atoms with E-state index in [1.54, 1.807) is 7.11 Å². The number of ketones is 1. The lowest BCUT2D eigenvalue weighted by molar-refractivity contribution is -0.122. The van der Waals surface area contributed by atoms with E-state index in [4.69, 9.17) is 9.47 Å². The molecular weight excluding hydrogens is 216 g/mol. The lowest BCUT2D eigenvalue weighted by Gasteiger charge is -2.09. The lowest BCUT2D eigenvalue weighted by Crippen LogP contribution is -2.12. The summed E-state index contributed by atoms with van der Waals surface area (Å²) in [6, 6.07) is 5.85. The summed E-state index contributed by atoms with van der Waals surface area (Å²) in [5.74, 6) is 0.849. The van der Waals surface area contributed by atoms with Crippen molar-refractivity contribution in [2.75, 3.05) is 20.3 Å². The normalized spacial score (nSPS) is 10.3. The minimum atomic E-state index is 0.0855. The Kier molecular flexibility index (Phi) is 5.70. The van der Waals surface area contributed by atoms with Crippen molar-refractivity contribution >= 4 is 5.78 Å². The van der Waals surface area contributed by atoms with Gasteiger partial charge in [0.2, 0.25) is 0 Å². The predicted molar refractivity (Wildman–Crippen MR) is 67.6 cm³/mol. The third-order valence-electron chi connectivity index (χ3n) is 2.44. The van der Waals surface area contributed by atoms with Crippen LogP contribution in [0.15, 0.2) is 18.2 Å². The molecule has 3 nitrogen and oxygen atoms in total. The summed E-state index contributed by atoms with van der Waals surface area (Å²) in [6.45, 7) is 4.84. The fourth-order valence-electron chi connectivity index (χ4n) is 1.64. The van der Waals surface area contributed by atoms with Crippen LogP contribution in [-0.2, 0) is 16.0 Å². The molecule has 94 valence electrons. The van der Waals surface area contributed by atoms with E-state index in [-0.39, 0.29) is 12.4 Å². The number of carbonyl (C=O) groups is 1. The van der Waals surface area contributed by atoms with Crippen LogP contribution in [-0.4, -0.2) is 26.1 Å². The third-order valence-corrected chi connectivity index (χ3v) is 2.44. The molecule has 0 heterocycles. The van der Waals surface area contributed by atoms with Gasteiger partial charge in [0.15, 0.2) is 5.78 Å². The molecule has 0 aliphatic rings. The molecular formula is C14H20O3. The standard InChI is InChI=1S/C14H20O3/c1-4-7-17-10-13(15)9-12-8-11(2)5-6-14(12)16-3/h5-6,8H,4,7,9-10H2,1-3H3. The number of hydrogen-bond acceptors (Lipinski definition) is 3. The van der Waals surface area contributed by atoms with Crippen molar-refractivity contribution in [3.63, 3.8) is 0 Å². The van der Waals surface area contributed by atoms with Crippen LogP contribution in [0.1, 0.15) is 24.5 Å². The number of benzene rings is 1. The van der Waals surface area contributed by atoms with Gasteiger partial charge in [-0.05, 0) is 19.4 Å². The quantitative estimate of drug-likeness (QED) is 0.682. The fraction of sp³-hybridized carbons (Fsp3) is 0.500. The summed E-state index contributed by atoms with van der Waals surface area (Å²) in [4.78, 5) is 11.7. The molecule has 0 saturated carbocycles. The Morgan fingerprint density at radius 1 is 1.35 bits per heavy atom. The van der Waals surface area contributed by atoms with Gasteiger partial charge in [0, 0.05) is 18.6 Å². The van der Waals surface area contributed by atoms with Crippen molar-refractivity contribution in [3.8, 4) is 5.75 Å². The van der Waals surface area contributed by atoms with Gasteiger partial charge in [0.25, 0.3) is 0 Å². The van der Waals surface area contributed by atoms with E-state index in [2.05, 4.69) is 0 Å². The van der Waals surface area contributed by atoms with Gasteiger partial charge in [-0.3, -0.25) is 4.79 Å². The van der Waals surface area contributed by atoms with Gasteiger partial charge in [-0.25, -0.2) is 0 Å². The van der Waals surface area contributed by atoms with Crippen molar-refractivity contribution in [2.45, 2.75) is 26.7 Å². The number of carbonyl (C=O) groups excluding carboxylic acids is 1. The monoisotopic (exact) mass is 236 g/mol. The largest absolute Gasteiger partial charge is 0.496 e. The Balaban J connectivity index is 2.60. The average Bonchev–Trinajstić information content (AvgIpc) is 2.29. The van der Waals surface area contributed by atoms with E-state index >= 15 is 0 Å². The minimum Gasteiger partial charge on any atom is -0.496 e. The average molecular weight is 236 g/mol. The molecule has 0 fully saturated rings. The Hall–Kier alpha value is -1.35. The predicted octanol–water partition coefficient (Wildman–Crippen LogP) is 2.54. The highest BCUT2D eigenvalue weighted by Crippen LogP contribution is 2.20. The van der Waals surface area contributed by atoms with Crippen LogP contribution in [0.3, 0.4) is 0 Å². The molecule has 0 aliphatic carbocycles. The summed E-state index contributed by atoms with van der Waals surface area (Å²) in [7, 11) is 1.62. The fourth-order valence-corrected chi connectivity index (χ4v) is 1.64. The van der Waals surface area contributed by atoms with Crippen LogP contribution >= 0.6 is 0 Å². The number of rotatable bonds is 7. The topological polar surface area (TPSA) is 35.5 Å². The highest BCUT2D eigenvalue weighted by molar-refractivity contribution is 5.82. The van der Waals surface area contributed by atoms with Crippen molar-refractivity contribution in [1.29, 1.82) is 0 Å². The van der Waals surface area contributed by atoms with Gasteiger partial charge < -0.3 is 9.47 Å². The van der Waals surface area contributed by atoms with Crippen LogP contribution in [0, 0.1) is 6.92 Å². The minimum absolute atomic E-state index is 0.0855. The molecule has 0 bridgehead atoms. The highest BCUT2D eigenvalue weighted by Gasteiger charge is 2.09. The van der Waals surface area contributed by atoms with E-state index in [1.165, 1.54) is 0 Å². The molecule has 3 heteroatoms. The van der Waals surface area contributed by atoms with E-state index < -0.39 is 0 Å². The Labute approximate surface area is 103 Å². The zero-order valence-corrected chi connectivity index (χ0v) is 10.8. The van der Waals surface area contributed by atoms with E-state index in [9.17, 15) is 4.79 Å². The second-order valence-corrected chi connectivity index (χ2v) is 4.08. The molecule has 0 N–H and O–H groups in total. The Morgan fingerprint density at radius 2 is 2.12 bits per heavy atom. The number of aryl methyl sites for hydroxylation is 1. The molecule has 0 aliphatic heterocycles. The zero-order chi connectivity index (χ0) is 12.7. The SMILES string of the molecule is CCCOCC(=O)Cc1cc(C)ccc1OC. The molecule has 1 aromatic rings. The van der Waals surface area contributed by atoms with Crippen molar-refractivity contribution in [1.82, 2.24) is 0 Å². The van der Waals surface area contributed by atoms with Gasteiger partial charge in [0.1, 0.15) is 12.4 Å². The van der Waals surface area contributed by atoms with Gasteiger partial charge in [-0.2, -0.15) is 0 Å².